The largest absolute Gasteiger partial charge is 0.418 e. The molecule has 1 amide bonds. The highest BCUT2D eigenvalue weighted by molar-refractivity contribution is 5.94. The Hall–Kier alpha value is -1.83. The summed E-state index contributed by atoms with van der Waals surface area (Å²) in [6.45, 7) is -0.558. The Morgan fingerprint density at radius 3 is 2.59 bits per heavy atom. The number of rotatable bonds is 2. The number of carbonyl (C=O) groups excluding carboxylic acids is 1. The normalized spacial score (nSPS) is 22.5. The van der Waals surface area contributed by atoms with Gasteiger partial charge in [0, 0.05) is 26.8 Å². The molecule has 1 fully saturated rings. The van der Waals surface area contributed by atoms with Crippen molar-refractivity contribution in [3.05, 3.63) is 23.9 Å². The lowest BCUT2D eigenvalue weighted by Gasteiger charge is -2.40. The van der Waals surface area contributed by atoms with Gasteiger partial charge in [0.05, 0.1) is 12.1 Å². The fraction of sp³-hybridized carbons (Fsp3) is 0.571. The Bertz CT molecular complexity index is 545. The molecule has 2 heterocycles. The molecule has 122 valence electrons. The van der Waals surface area contributed by atoms with Gasteiger partial charge in [-0.1, -0.05) is 0 Å². The van der Waals surface area contributed by atoms with E-state index in [1.54, 1.807) is 25.1 Å². The lowest BCUT2D eigenvalue weighted by atomic mass is 9.92. The molecule has 5 nitrogen and oxygen atoms in total. The number of aromatic nitrogens is 1. The van der Waals surface area contributed by atoms with E-state index in [2.05, 4.69) is 4.98 Å². The van der Waals surface area contributed by atoms with Crippen LogP contribution in [0.3, 0.4) is 0 Å². The summed E-state index contributed by atoms with van der Waals surface area (Å²) in [5, 5.41) is 9.75. The number of alkyl halides is 3. The number of pyridine rings is 1. The number of anilines is 1. The van der Waals surface area contributed by atoms with Gasteiger partial charge in [0.1, 0.15) is 5.82 Å². The summed E-state index contributed by atoms with van der Waals surface area (Å²) in [6.07, 6.45) is -3.71. The Morgan fingerprint density at radius 1 is 1.41 bits per heavy atom. The van der Waals surface area contributed by atoms with Crippen LogP contribution in [0.5, 0.6) is 0 Å². The molecule has 0 aromatic carbocycles. The molecular weight excluding hydrogens is 299 g/mol. The number of hydrogen-bond donors (Lipinski definition) is 1. The Labute approximate surface area is 126 Å². The molecule has 0 bridgehead atoms. The van der Waals surface area contributed by atoms with Crippen LogP contribution in [0.25, 0.3) is 0 Å². The maximum atomic E-state index is 12.9. The SMILES string of the molecule is CN(C)c1ccc(C(=O)N2CCCC(O)(C(F)(F)F)C2)cn1. The second-order valence-electron chi connectivity index (χ2n) is 5.66. The molecule has 0 aliphatic carbocycles. The van der Waals surface area contributed by atoms with Crippen LogP contribution in [0.15, 0.2) is 18.3 Å². The molecule has 1 atom stereocenters. The van der Waals surface area contributed by atoms with Gasteiger partial charge >= 0.3 is 6.18 Å². The van der Waals surface area contributed by atoms with Crippen molar-refractivity contribution in [2.45, 2.75) is 24.6 Å². The predicted octanol–water partition coefficient (Wildman–Crippen LogP) is 1.68. The Kier molecular flexibility index (Phi) is 4.32. The van der Waals surface area contributed by atoms with E-state index < -0.39 is 30.7 Å². The third kappa shape index (κ3) is 3.16. The van der Waals surface area contributed by atoms with E-state index >= 15 is 0 Å². The van der Waals surface area contributed by atoms with Gasteiger partial charge in [-0.2, -0.15) is 13.2 Å². The van der Waals surface area contributed by atoms with E-state index in [1.165, 1.54) is 12.3 Å². The van der Waals surface area contributed by atoms with Crippen molar-refractivity contribution < 1.29 is 23.1 Å². The van der Waals surface area contributed by atoms with Crippen LogP contribution < -0.4 is 4.90 Å². The molecule has 0 saturated carbocycles. The van der Waals surface area contributed by atoms with Crippen LogP contribution >= 0.6 is 0 Å². The van der Waals surface area contributed by atoms with E-state index in [0.717, 1.165) is 4.90 Å². The second-order valence-corrected chi connectivity index (χ2v) is 5.66. The number of aliphatic hydroxyl groups is 1. The zero-order valence-corrected chi connectivity index (χ0v) is 12.4. The van der Waals surface area contributed by atoms with Gasteiger partial charge < -0.3 is 14.9 Å². The topological polar surface area (TPSA) is 56.7 Å². The number of amides is 1. The minimum absolute atomic E-state index is 0.102. The molecule has 1 saturated heterocycles. The number of halogens is 3. The van der Waals surface area contributed by atoms with Gasteiger partial charge in [-0.25, -0.2) is 4.98 Å². The molecule has 22 heavy (non-hydrogen) atoms. The number of nitrogens with zero attached hydrogens (tertiary/aromatic N) is 3. The van der Waals surface area contributed by atoms with E-state index in [0.29, 0.717) is 5.82 Å². The molecule has 2 rings (SSSR count). The molecule has 8 heteroatoms. The highest BCUT2D eigenvalue weighted by atomic mass is 19.4. The van der Waals surface area contributed by atoms with E-state index in [9.17, 15) is 23.1 Å². The average Bonchev–Trinajstić information content (AvgIpc) is 2.45. The summed E-state index contributed by atoms with van der Waals surface area (Å²) in [6, 6.07) is 3.14. The van der Waals surface area contributed by atoms with Gasteiger partial charge in [0.15, 0.2) is 5.60 Å². The fourth-order valence-electron chi connectivity index (χ4n) is 2.40. The molecule has 1 aromatic rings. The first-order valence-corrected chi connectivity index (χ1v) is 6.86. The van der Waals surface area contributed by atoms with Crippen LogP contribution in [0, 0.1) is 0 Å². The lowest BCUT2D eigenvalue weighted by Crippen LogP contribution is -2.58. The van der Waals surface area contributed by atoms with Crippen molar-refractivity contribution in [3.63, 3.8) is 0 Å². The summed E-state index contributed by atoms with van der Waals surface area (Å²) in [5.74, 6) is 0.0853. The van der Waals surface area contributed by atoms with Gasteiger partial charge in [0.25, 0.3) is 5.91 Å². The van der Waals surface area contributed by atoms with Crippen molar-refractivity contribution in [3.8, 4) is 0 Å². The summed E-state index contributed by atoms with van der Waals surface area (Å²) >= 11 is 0. The third-order valence-electron chi connectivity index (χ3n) is 3.74. The van der Waals surface area contributed by atoms with E-state index in [-0.39, 0.29) is 18.5 Å². The van der Waals surface area contributed by atoms with Gasteiger partial charge in [-0.3, -0.25) is 4.79 Å². The number of piperidine rings is 1. The van der Waals surface area contributed by atoms with E-state index in [4.69, 9.17) is 0 Å². The monoisotopic (exact) mass is 317 g/mol. The average molecular weight is 317 g/mol. The van der Waals surface area contributed by atoms with Gasteiger partial charge in [-0.05, 0) is 25.0 Å². The molecule has 1 aromatic heterocycles. The summed E-state index contributed by atoms with van der Waals surface area (Å²) < 4.78 is 38.7. The summed E-state index contributed by atoms with van der Waals surface area (Å²) in [5.41, 5.74) is -2.63. The molecule has 0 spiro atoms. The standard InChI is InChI=1S/C14H18F3N3O2/c1-19(2)11-5-4-10(8-18-11)12(21)20-7-3-6-13(22,9-20)14(15,16)17/h4-5,8,22H,3,6-7,9H2,1-2H3. The molecule has 1 aliphatic rings. The number of likely N-dealkylation sites (tertiary alicyclic amines) is 1. The molecular formula is C14H18F3N3O2. The quantitative estimate of drug-likeness (QED) is 0.902. The first-order valence-electron chi connectivity index (χ1n) is 6.86. The zero-order valence-electron chi connectivity index (χ0n) is 12.4. The minimum atomic E-state index is -4.75. The second kappa shape index (κ2) is 5.75. The fourth-order valence-corrected chi connectivity index (χ4v) is 2.40. The zero-order chi connectivity index (χ0) is 16.5. The lowest BCUT2D eigenvalue weighted by molar-refractivity contribution is -0.271. The van der Waals surface area contributed by atoms with Crippen LogP contribution in [0.1, 0.15) is 23.2 Å². The smallest absolute Gasteiger partial charge is 0.379 e. The minimum Gasteiger partial charge on any atom is -0.379 e. The number of β-amino-alcohol motifs (C(OH)–C–C–N with tert-alkyl or cyclic N) is 1. The summed E-state index contributed by atoms with van der Waals surface area (Å²) in [7, 11) is 3.58. The van der Waals surface area contributed by atoms with Crippen molar-refractivity contribution in [2.75, 3.05) is 32.1 Å². The van der Waals surface area contributed by atoms with Crippen LogP contribution in [-0.4, -0.2) is 59.9 Å². The molecule has 1 unspecified atom stereocenters. The predicted molar refractivity (Wildman–Crippen MR) is 74.7 cm³/mol. The van der Waals surface area contributed by atoms with Crippen LogP contribution in [-0.2, 0) is 0 Å². The highest BCUT2D eigenvalue weighted by Crippen LogP contribution is 2.37. The van der Waals surface area contributed by atoms with Crippen LogP contribution in [0.4, 0.5) is 19.0 Å². The van der Waals surface area contributed by atoms with Crippen molar-refractivity contribution in [2.24, 2.45) is 0 Å². The molecule has 0 radical (unpaired) electrons. The third-order valence-corrected chi connectivity index (χ3v) is 3.74. The maximum absolute atomic E-state index is 12.9. The van der Waals surface area contributed by atoms with Gasteiger partial charge in [-0.15, -0.1) is 0 Å². The van der Waals surface area contributed by atoms with Crippen LogP contribution in [0.2, 0.25) is 0 Å². The van der Waals surface area contributed by atoms with Crippen molar-refractivity contribution in [1.82, 2.24) is 9.88 Å². The van der Waals surface area contributed by atoms with Crippen molar-refractivity contribution in [1.29, 1.82) is 0 Å². The van der Waals surface area contributed by atoms with Gasteiger partial charge in [0.2, 0.25) is 0 Å². The molecule has 1 N–H and O–H groups in total. The van der Waals surface area contributed by atoms with E-state index in [1.807, 2.05) is 0 Å². The first kappa shape index (κ1) is 16.5. The first-order chi connectivity index (χ1) is 10.1. The Morgan fingerprint density at radius 2 is 2.09 bits per heavy atom. The van der Waals surface area contributed by atoms with Crippen molar-refractivity contribution >= 4 is 11.7 Å². The number of hydrogen-bond acceptors (Lipinski definition) is 4. The highest BCUT2D eigenvalue weighted by Gasteiger charge is 2.55. The maximum Gasteiger partial charge on any atom is 0.418 e. The number of carbonyl (C=O) groups is 1. The Balaban J connectivity index is 2.15. The molecule has 1 aliphatic heterocycles. The summed E-state index contributed by atoms with van der Waals surface area (Å²) in [4.78, 5) is 19.1.